The fourth-order valence-corrected chi connectivity index (χ4v) is 14.6. The Morgan fingerprint density at radius 1 is 0.519 bits per heavy atom. The fraction of sp³-hybridized carbons (Fsp3) is 0.412. The molecular weight excluding hydrogens is 627 g/mol. The zero-order valence-corrected chi connectivity index (χ0v) is 31.8. The topological polar surface area (TPSA) is 3.24 Å². The predicted molar refractivity (Wildman–Crippen MR) is 215 cm³/mol. The number of hydrogen-bond acceptors (Lipinski definition) is 1. The van der Waals surface area contributed by atoms with Crippen molar-refractivity contribution < 1.29 is 0 Å². The lowest BCUT2D eigenvalue weighted by Gasteiger charge is -2.76. The molecule has 260 valence electrons. The average Bonchev–Trinajstić information content (AvgIpc) is 3.82. The summed E-state index contributed by atoms with van der Waals surface area (Å²) in [5.74, 6) is 3.55. The largest absolute Gasteiger partial charge is 0.310 e. The van der Waals surface area contributed by atoms with Crippen LogP contribution in [0.2, 0.25) is 0 Å². The minimum absolute atomic E-state index is 0.0581. The first-order valence-electron chi connectivity index (χ1n) is 20.4. The molecule has 4 fully saturated rings. The summed E-state index contributed by atoms with van der Waals surface area (Å²) in [5.41, 5.74) is 19.9. The number of hydrogen-bond donors (Lipinski definition) is 0. The lowest BCUT2D eigenvalue weighted by atomic mass is 9.27. The lowest BCUT2D eigenvalue weighted by Crippen LogP contribution is -2.73. The van der Waals surface area contributed by atoms with Crippen molar-refractivity contribution >= 4 is 17.1 Å². The summed E-state index contributed by atoms with van der Waals surface area (Å²) in [7, 11) is 0. The fourth-order valence-electron chi connectivity index (χ4n) is 14.6. The maximum absolute atomic E-state index is 2.70. The van der Waals surface area contributed by atoms with Crippen molar-refractivity contribution in [1.82, 2.24) is 0 Å². The first-order chi connectivity index (χ1) is 25.0. The van der Waals surface area contributed by atoms with Gasteiger partial charge in [-0.05, 0) is 164 Å². The van der Waals surface area contributed by atoms with Crippen LogP contribution in [0.15, 0.2) is 103 Å². The van der Waals surface area contributed by atoms with E-state index in [1.54, 1.807) is 11.1 Å². The Morgan fingerprint density at radius 3 is 1.87 bits per heavy atom. The van der Waals surface area contributed by atoms with Crippen LogP contribution in [0.25, 0.3) is 22.3 Å². The quantitative estimate of drug-likeness (QED) is 0.184. The molecule has 1 heteroatoms. The number of anilines is 3. The molecule has 0 radical (unpaired) electrons. The monoisotopic (exact) mass is 677 g/mol. The van der Waals surface area contributed by atoms with Crippen molar-refractivity contribution in [1.29, 1.82) is 0 Å². The van der Waals surface area contributed by atoms with E-state index in [1.807, 2.05) is 0 Å². The number of nitrogens with zero attached hydrogens (tertiary/aromatic N) is 1. The van der Waals surface area contributed by atoms with Gasteiger partial charge in [0.1, 0.15) is 0 Å². The summed E-state index contributed by atoms with van der Waals surface area (Å²) in [6.07, 6.45) is 8.30. The zero-order valence-electron chi connectivity index (χ0n) is 31.8. The Labute approximate surface area is 310 Å². The first-order valence-corrected chi connectivity index (χ1v) is 20.4. The van der Waals surface area contributed by atoms with Gasteiger partial charge in [-0.15, -0.1) is 0 Å². The highest BCUT2D eigenvalue weighted by Gasteiger charge is 2.84. The molecule has 5 aromatic carbocycles. The molecule has 0 aliphatic heterocycles. The van der Waals surface area contributed by atoms with Gasteiger partial charge in [-0.2, -0.15) is 0 Å². The molecule has 2 spiro atoms. The van der Waals surface area contributed by atoms with E-state index in [0.29, 0.717) is 5.41 Å². The van der Waals surface area contributed by atoms with E-state index in [0.717, 1.165) is 23.7 Å². The van der Waals surface area contributed by atoms with Gasteiger partial charge in [0.25, 0.3) is 0 Å². The Balaban J connectivity index is 1.11. The second-order valence-corrected chi connectivity index (χ2v) is 20.0. The first kappa shape index (κ1) is 30.4. The van der Waals surface area contributed by atoms with Crippen molar-refractivity contribution in [2.45, 2.75) is 102 Å². The van der Waals surface area contributed by atoms with Gasteiger partial charge >= 0.3 is 0 Å². The summed E-state index contributed by atoms with van der Waals surface area (Å²) in [4.78, 5) is 2.69. The summed E-state index contributed by atoms with van der Waals surface area (Å²) < 4.78 is 0. The van der Waals surface area contributed by atoms with E-state index in [1.165, 1.54) is 100 Å². The second kappa shape index (κ2) is 9.33. The molecule has 1 nitrogen and oxygen atoms in total. The highest BCUT2D eigenvalue weighted by Crippen LogP contribution is 2.89. The van der Waals surface area contributed by atoms with Gasteiger partial charge in [-0.3, -0.25) is 0 Å². The Kier molecular flexibility index (Phi) is 5.45. The molecule has 5 aromatic rings. The smallest absolute Gasteiger partial charge is 0.0502 e. The number of benzene rings is 5. The molecule has 0 heterocycles. The molecule has 0 N–H and O–H groups in total. The highest BCUT2D eigenvalue weighted by atomic mass is 15.1. The molecule has 7 aliphatic rings. The summed E-state index contributed by atoms with van der Waals surface area (Å²) >= 11 is 0. The molecule has 0 aromatic heterocycles. The van der Waals surface area contributed by atoms with Gasteiger partial charge in [0.2, 0.25) is 0 Å². The van der Waals surface area contributed by atoms with Crippen LogP contribution < -0.4 is 4.90 Å². The Hall–Kier alpha value is -4.10. The van der Waals surface area contributed by atoms with E-state index in [4.69, 9.17) is 0 Å². The van der Waals surface area contributed by atoms with Gasteiger partial charge in [-0.1, -0.05) is 114 Å². The van der Waals surface area contributed by atoms with Crippen LogP contribution in [0.4, 0.5) is 17.1 Å². The third-order valence-electron chi connectivity index (χ3n) is 16.8. The molecule has 7 aliphatic carbocycles. The molecule has 6 atom stereocenters. The second-order valence-electron chi connectivity index (χ2n) is 20.0. The number of fused-ring (bicyclic) bond motifs is 12. The van der Waals surface area contributed by atoms with Crippen LogP contribution in [-0.4, -0.2) is 0 Å². The standard InChI is InChI=1S/C51H51N/c1-47(2)22-23-48(3,4)46-40(47)16-11-17-43(46)52(32-18-20-36-34-12-7-9-14-38(34)49(5,6)41(36)27-32)33-19-21-37-35-13-8-10-15-39(35)51(42(37)28-33)44-25-30-24-31-26-45(51)50(31,44)29-30/h7-21,27-28,30-31,44-45H,22-26,29H2,1-6H3. The van der Waals surface area contributed by atoms with Gasteiger partial charge < -0.3 is 4.90 Å². The highest BCUT2D eigenvalue weighted by molar-refractivity contribution is 5.90. The van der Waals surface area contributed by atoms with E-state index >= 15 is 0 Å². The van der Waals surface area contributed by atoms with Crippen molar-refractivity contribution in [3.63, 3.8) is 0 Å². The van der Waals surface area contributed by atoms with Crippen molar-refractivity contribution in [3.8, 4) is 22.3 Å². The van der Waals surface area contributed by atoms with Crippen LogP contribution in [-0.2, 0) is 21.7 Å². The maximum Gasteiger partial charge on any atom is 0.0502 e. The van der Waals surface area contributed by atoms with Crippen molar-refractivity contribution in [2.75, 3.05) is 4.90 Å². The van der Waals surface area contributed by atoms with E-state index in [9.17, 15) is 0 Å². The third kappa shape index (κ3) is 3.28. The van der Waals surface area contributed by atoms with E-state index < -0.39 is 0 Å². The maximum atomic E-state index is 2.70. The predicted octanol–water partition coefficient (Wildman–Crippen LogP) is 13.1. The summed E-state index contributed by atoms with van der Waals surface area (Å²) in [6.45, 7) is 14.8. The molecule has 0 saturated heterocycles. The van der Waals surface area contributed by atoms with Gasteiger partial charge in [0, 0.05) is 22.2 Å². The van der Waals surface area contributed by atoms with Crippen LogP contribution in [0.5, 0.6) is 0 Å². The molecule has 6 unspecified atom stereocenters. The van der Waals surface area contributed by atoms with Crippen LogP contribution in [0, 0.1) is 29.1 Å². The SMILES string of the molecule is CC1(C)CCC(C)(C)c2c(N(c3ccc4c(c3)C(C)(C)c3ccccc3-4)c3ccc4c(c3)C3(c5ccccc5-4)C4CC5CC6CC3C64C5)cccc21. The van der Waals surface area contributed by atoms with Crippen molar-refractivity contribution in [2.24, 2.45) is 29.1 Å². The van der Waals surface area contributed by atoms with E-state index in [2.05, 4.69) is 150 Å². The Morgan fingerprint density at radius 2 is 1.12 bits per heavy atom. The number of rotatable bonds is 3. The van der Waals surface area contributed by atoms with Gasteiger partial charge in [0.05, 0.1) is 5.69 Å². The normalized spacial score (nSPS) is 31.8. The average molecular weight is 678 g/mol. The summed E-state index contributed by atoms with van der Waals surface area (Å²) in [5, 5.41) is 0. The molecule has 12 rings (SSSR count). The summed E-state index contributed by atoms with van der Waals surface area (Å²) in [6, 6.07) is 41.0. The molecule has 52 heavy (non-hydrogen) atoms. The molecule has 0 amide bonds. The van der Waals surface area contributed by atoms with Gasteiger partial charge in [0.15, 0.2) is 0 Å². The minimum atomic E-state index is -0.0581. The van der Waals surface area contributed by atoms with Crippen LogP contribution >= 0.6 is 0 Å². The Bertz CT molecular complexity index is 2410. The lowest BCUT2D eigenvalue weighted by molar-refractivity contribution is -0.231. The molecule has 2 bridgehead atoms. The third-order valence-corrected chi connectivity index (χ3v) is 16.8. The molecular formula is C51H51N. The van der Waals surface area contributed by atoms with Crippen LogP contribution in [0.1, 0.15) is 113 Å². The van der Waals surface area contributed by atoms with Crippen LogP contribution in [0.3, 0.4) is 0 Å². The zero-order chi connectivity index (χ0) is 35.2. The van der Waals surface area contributed by atoms with Gasteiger partial charge in [-0.25, -0.2) is 0 Å². The molecule has 4 saturated carbocycles. The minimum Gasteiger partial charge on any atom is -0.310 e. The van der Waals surface area contributed by atoms with Crippen molar-refractivity contribution in [3.05, 3.63) is 137 Å². The van der Waals surface area contributed by atoms with E-state index in [-0.39, 0.29) is 21.7 Å².